The van der Waals surface area contributed by atoms with Gasteiger partial charge in [0.1, 0.15) is 5.00 Å². The summed E-state index contributed by atoms with van der Waals surface area (Å²) in [4.78, 5) is 0. The van der Waals surface area contributed by atoms with Gasteiger partial charge in [0.25, 0.3) is 0 Å². The Morgan fingerprint density at radius 1 is 1.67 bits per heavy atom. The number of hydrogen-bond acceptors (Lipinski definition) is 5. The third-order valence-electron chi connectivity index (χ3n) is 1.43. The van der Waals surface area contributed by atoms with Gasteiger partial charge in [-0.1, -0.05) is 4.49 Å². The molecule has 0 bridgehead atoms. The van der Waals surface area contributed by atoms with E-state index in [0.29, 0.717) is 0 Å². The number of anilines is 1. The fourth-order valence-corrected chi connectivity index (χ4v) is 1.20. The van der Waals surface area contributed by atoms with Crippen LogP contribution in [0.15, 0.2) is 6.20 Å². The normalized spacial score (nSPS) is 11.6. The van der Waals surface area contributed by atoms with E-state index in [1.807, 2.05) is 13.8 Å². The summed E-state index contributed by atoms with van der Waals surface area (Å²) < 4.78 is 3.74. The second-order valence-corrected chi connectivity index (χ2v) is 4.23. The van der Waals surface area contributed by atoms with Gasteiger partial charge in [-0.3, -0.25) is 0 Å². The summed E-state index contributed by atoms with van der Waals surface area (Å²) in [5.41, 5.74) is 5.70. The maximum absolute atomic E-state index is 5.81. The fraction of sp³-hybridized carbons (Fsp3) is 0.714. The van der Waals surface area contributed by atoms with E-state index >= 15 is 0 Å². The van der Waals surface area contributed by atoms with Crippen LogP contribution in [0.5, 0.6) is 0 Å². The zero-order valence-corrected chi connectivity index (χ0v) is 8.19. The topological polar surface area (TPSA) is 63.8 Å². The first-order valence-electron chi connectivity index (χ1n) is 3.88. The van der Waals surface area contributed by atoms with Crippen molar-refractivity contribution in [1.82, 2.24) is 9.59 Å². The summed E-state index contributed by atoms with van der Waals surface area (Å²) in [5, 5.41) is 7.91. The van der Waals surface area contributed by atoms with E-state index in [9.17, 15) is 0 Å². The molecule has 4 nitrogen and oxygen atoms in total. The number of aromatic nitrogens is 2. The van der Waals surface area contributed by atoms with Gasteiger partial charge < -0.3 is 11.1 Å². The average Bonchev–Trinajstić information content (AvgIpc) is 2.36. The van der Waals surface area contributed by atoms with Gasteiger partial charge in [-0.2, -0.15) is 0 Å². The zero-order chi connectivity index (χ0) is 9.03. The molecule has 0 amide bonds. The van der Waals surface area contributed by atoms with Gasteiger partial charge in [0.05, 0.1) is 6.20 Å². The van der Waals surface area contributed by atoms with E-state index in [1.165, 1.54) is 11.5 Å². The molecule has 3 N–H and O–H groups in total. The van der Waals surface area contributed by atoms with Crippen molar-refractivity contribution in [2.45, 2.75) is 25.8 Å². The standard InChI is InChI=1S/C7H14N4S/c1-7(2,8)3-4-9-6-5-10-11-12-6/h5,9H,3-4,8H2,1-2H3. The summed E-state index contributed by atoms with van der Waals surface area (Å²) in [7, 11) is 0. The molecule has 1 rings (SSSR count). The van der Waals surface area contributed by atoms with Gasteiger partial charge in [0, 0.05) is 23.6 Å². The lowest BCUT2D eigenvalue weighted by Gasteiger charge is -2.17. The minimum Gasteiger partial charge on any atom is -0.374 e. The Hall–Kier alpha value is -0.680. The van der Waals surface area contributed by atoms with E-state index in [1.54, 1.807) is 6.20 Å². The van der Waals surface area contributed by atoms with Crippen molar-refractivity contribution in [2.24, 2.45) is 5.73 Å². The molecule has 0 atom stereocenters. The maximum Gasteiger partial charge on any atom is 0.130 e. The van der Waals surface area contributed by atoms with E-state index in [4.69, 9.17) is 5.73 Å². The molecule has 0 saturated carbocycles. The number of rotatable bonds is 4. The van der Waals surface area contributed by atoms with Crippen LogP contribution in [0.25, 0.3) is 0 Å². The summed E-state index contributed by atoms with van der Waals surface area (Å²) in [6.45, 7) is 4.90. The third kappa shape index (κ3) is 3.64. The molecule has 68 valence electrons. The molecule has 0 aliphatic rings. The summed E-state index contributed by atoms with van der Waals surface area (Å²) in [6, 6.07) is 0. The predicted octanol–water partition coefficient (Wildman–Crippen LogP) is 1.08. The number of hydrogen-bond donors (Lipinski definition) is 2. The van der Waals surface area contributed by atoms with Gasteiger partial charge >= 0.3 is 0 Å². The van der Waals surface area contributed by atoms with Crippen molar-refractivity contribution in [1.29, 1.82) is 0 Å². The Balaban J connectivity index is 2.20. The van der Waals surface area contributed by atoms with Crippen molar-refractivity contribution in [3.63, 3.8) is 0 Å². The fourth-order valence-electron chi connectivity index (χ4n) is 0.753. The number of nitrogens with one attached hydrogen (secondary N) is 1. The van der Waals surface area contributed by atoms with E-state index in [2.05, 4.69) is 14.9 Å². The highest BCUT2D eigenvalue weighted by atomic mass is 32.1. The molecule has 1 aromatic heterocycles. The maximum atomic E-state index is 5.81. The third-order valence-corrected chi connectivity index (χ3v) is 2.05. The van der Waals surface area contributed by atoms with Crippen molar-refractivity contribution >= 4 is 16.5 Å². The largest absolute Gasteiger partial charge is 0.374 e. The molecular formula is C7H14N4S. The Kier molecular flexibility index (Phi) is 2.99. The van der Waals surface area contributed by atoms with Gasteiger partial charge in [-0.15, -0.1) is 5.10 Å². The quantitative estimate of drug-likeness (QED) is 0.738. The molecule has 0 aromatic carbocycles. The minimum atomic E-state index is -0.106. The van der Waals surface area contributed by atoms with E-state index < -0.39 is 0 Å². The van der Waals surface area contributed by atoms with Crippen LogP contribution in [0, 0.1) is 0 Å². The highest BCUT2D eigenvalue weighted by Crippen LogP contribution is 2.10. The number of nitrogens with two attached hydrogens (primary N) is 1. The smallest absolute Gasteiger partial charge is 0.130 e. The van der Waals surface area contributed by atoms with Crippen molar-refractivity contribution in [3.8, 4) is 0 Å². The lowest BCUT2D eigenvalue weighted by molar-refractivity contribution is 0.491. The second-order valence-electron chi connectivity index (χ2n) is 3.45. The molecule has 0 spiro atoms. The molecule has 1 heterocycles. The van der Waals surface area contributed by atoms with E-state index in [-0.39, 0.29) is 5.54 Å². The van der Waals surface area contributed by atoms with Gasteiger partial charge in [0.15, 0.2) is 0 Å². The van der Waals surface area contributed by atoms with Gasteiger partial charge in [-0.25, -0.2) is 0 Å². The average molecular weight is 186 g/mol. The first-order valence-corrected chi connectivity index (χ1v) is 4.65. The molecule has 0 aliphatic carbocycles. The molecule has 12 heavy (non-hydrogen) atoms. The van der Waals surface area contributed by atoms with Crippen LogP contribution in [-0.2, 0) is 0 Å². The first-order chi connectivity index (χ1) is 5.58. The molecule has 1 aromatic rings. The monoisotopic (exact) mass is 186 g/mol. The van der Waals surface area contributed by atoms with Crippen molar-refractivity contribution < 1.29 is 0 Å². The van der Waals surface area contributed by atoms with Crippen LogP contribution < -0.4 is 11.1 Å². The molecule has 0 saturated heterocycles. The van der Waals surface area contributed by atoms with Gasteiger partial charge in [0.2, 0.25) is 0 Å². The first kappa shape index (κ1) is 9.41. The lowest BCUT2D eigenvalue weighted by atomic mass is 10.0. The molecule has 0 fully saturated rings. The van der Waals surface area contributed by atoms with Crippen LogP contribution in [-0.4, -0.2) is 21.7 Å². The van der Waals surface area contributed by atoms with Crippen molar-refractivity contribution in [3.05, 3.63) is 6.20 Å². The SMILES string of the molecule is CC(C)(N)CCNc1cnns1. The van der Waals surface area contributed by atoms with Crippen LogP contribution in [0.3, 0.4) is 0 Å². The Morgan fingerprint density at radius 2 is 2.42 bits per heavy atom. The Morgan fingerprint density at radius 3 is 2.92 bits per heavy atom. The van der Waals surface area contributed by atoms with Crippen LogP contribution >= 0.6 is 11.5 Å². The highest BCUT2D eigenvalue weighted by molar-refractivity contribution is 7.09. The Labute approximate surface area is 76.3 Å². The van der Waals surface area contributed by atoms with Gasteiger partial charge in [-0.05, 0) is 20.3 Å². The van der Waals surface area contributed by atoms with Crippen molar-refractivity contribution in [2.75, 3.05) is 11.9 Å². The van der Waals surface area contributed by atoms with Crippen LogP contribution in [0.1, 0.15) is 20.3 Å². The van der Waals surface area contributed by atoms with Crippen LogP contribution in [0.4, 0.5) is 5.00 Å². The summed E-state index contributed by atoms with van der Waals surface area (Å²) in [5.74, 6) is 0. The lowest BCUT2D eigenvalue weighted by Crippen LogP contribution is -2.33. The summed E-state index contributed by atoms with van der Waals surface area (Å²) in [6.07, 6.45) is 2.65. The Bertz CT molecular complexity index is 214. The molecular weight excluding hydrogens is 172 g/mol. The molecule has 5 heteroatoms. The molecule has 0 aliphatic heterocycles. The summed E-state index contributed by atoms with van der Waals surface area (Å²) >= 11 is 1.36. The zero-order valence-electron chi connectivity index (χ0n) is 7.37. The molecule has 0 unspecified atom stereocenters. The second kappa shape index (κ2) is 3.82. The highest BCUT2D eigenvalue weighted by Gasteiger charge is 2.09. The van der Waals surface area contributed by atoms with Crippen LogP contribution in [0.2, 0.25) is 0 Å². The predicted molar refractivity (Wildman–Crippen MR) is 51.3 cm³/mol. The number of nitrogens with zero attached hydrogens (tertiary/aromatic N) is 2. The minimum absolute atomic E-state index is 0.106. The van der Waals surface area contributed by atoms with E-state index in [0.717, 1.165) is 18.0 Å². The molecule has 0 radical (unpaired) electrons.